The second-order valence-electron chi connectivity index (χ2n) is 9.60. The van der Waals surface area contributed by atoms with E-state index in [0.717, 1.165) is 37.9 Å². The van der Waals surface area contributed by atoms with Crippen molar-refractivity contribution in [3.8, 4) is 0 Å². The van der Waals surface area contributed by atoms with Gasteiger partial charge in [0, 0.05) is 17.7 Å². The highest BCUT2D eigenvalue weighted by Crippen LogP contribution is 2.51. The maximum Gasteiger partial charge on any atom is 0.416 e. The SMILES string of the molecule is CCN(CC)CCCCCN1C(=O)C(O)(c2ccc3ccccc3c2)c2c1cc(C(N)=O)cc2C(F)(F)F. The lowest BCUT2D eigenvalue weighted by atomic mass is 9.83. The maximum absolute atomic E-state index is 14.4. The Balaban J connectivity index is 1.79. The van der Waals surface area contributed by atoms with Crippen LogP contribution in [0.1, 0.15) is 60.2 Å². The number of rotatable bonds is 10. The van der Waals surface area contributed by atoms with Gasteiger partial charge in [-0.15, -0.1) is 0 Å². The van der Waals surface area contributed by atoms with Gasteiger partial charge in [-0.2, -0.15) is 13.2 Å². The summed E-state index contributed by atoms with van der Waals surface area (Å²) in [6, 6.07) is 13.7. The van der Waals surface area contributed by atoms with Gasteiger partial charge in [0.25, 0.3) is 5.91 Å². The lowest BCUT2D eigenvalue weighted by molar-refractivity contribution is -0.142. The fraction of sp³-hybridized carbons (Fsp3) is 0.379. The van der Waals surface area contributed by atoms with Crippen LogP contribution in [0.3, 0.4) is 0 Å². The normalized spacial score (nSPS) is 17.4. The third-order valence-corrected chi connectivity index (χ3v) is 7.33. The quantitative estimate of drug-likeness (QED) is 0.361. The third kappa shape index (κ3) is 5.00. The fourth-order valence-corrected chi connectivity index (χ4v) is 5.22. The summed E-state index contributed by atoms with van der Waals surface area (Å²) in [5.74, 6) is -1.93. The maximum atomic E-state index is 14.4. The van der Waals surface area contributed by atoms with Crippen molar-refractivity contribution in [1.82, 2.24) is 4.90 Å². The summed E-state index contributed by atoms with van der Waals surface area (Å²) in [6.07, 6.45) is -2.82. The number of unbranched alkanes of at least 4 members (excludes halogenated alkanes) is 2. The molecule has 202 valence electrons. The lowest BCUT2D eigenvalue weighted by Gasteiger charge is -2.26. The highest BCUT2D eigenvalue weighted by molar-refractivity contribution is 6.11. The first-order chi connectivity index (χ1) is 18.0. The summed E-state index contributed by atoms with van der Waals surface area (Å²) >= 11 is 0. The number of hydrogen-bond acceptors (Lipinski definition) is 4. The van der Waals surface area contributed by atoms with Crippen LogP contribution in [0.15, 0.2) is 54.6 Å². The highest BCUT2D eigenvalue weighted by Gasteiger charge is 2.55. The molecular weight excluding hydrogens is 495 g/mol. The monoisotopic (exact) mass is 527 g/mol. The molecule has 0 radical (unpaired) electrons. The van der Waals surface area contributed by atoms with Crippen molar-refractivity contribution in [2.24, 2.45) is 5.73 Å². The molecule has 4 rings (SSSR count). The number of carbonyl (C=O) groups is 2. The number of benzene rings is 3. The Morgan fingerprint density at radius 1 is 1.00 bits per heavy atom. The van der Waals surface area contributed by atoms with Crippen molar-refractivity contribution in [1.29, 1.82) is 0 Å². The summed E-state index contributed by atoms with van der Waals surface area (Å²) in [4.78, 5) is 29.2. The van der Waals surface area contributed by atoms with Crippen molar-refractivity contribution in [3.63, 3.8) is 0 Å². The first kappa shape index (κ1) is 27.6. The molecule has 0 bridgehead atoms. The summed E-state index contributed by atoms with van der Waals surface area (Å²) in [5, 5.41) is 13.4. The number of nitrogens with two attached hydrogens (primary N) is 1. The molecule has 6 nitrogen and oxygen atoms in total. The Morgan fingerprint density at radius 2 is 1.68 bits per heavy atom. The van der Waals surface area contributed by atoms with Crippen molar-refractivity contribution >= 4 is 28.3 Å². The number of carbonyl (C=O) groups excluding carboxylic acids is 2. The molecule has 3 aromatic carbocycles. The second kappa shape index (κ2) is 10.7. The molecule has 9 heteroatoms. The number of halogens is 3. The van der Waals surface area contributed by atoms with E-state index in [-0.39, 0.29) is 23.4 Å². The van der Waals surface area contributed by atoms with E-state index in [1.54, 1.807) is 18.2 Å². The molecule has 0 saturated heterocycles. The first-order valence-electron chi connectivity index (χ1n) is 12.8. The minimum Gasteiger partial charge on any atom is -0.372 e. The molecule has 0 saturated carbocycles. The summed E-state index contributed by atoms with van der Waals surface area (Å²) < 4.78 is 43.1. The Morgan fingerprint density at radius 3 is 2.32 bits per heavy atom. The molecule has 0 aromatic heterocycles. The number of fused-ring (bicyclic) bond motifs is 2. The number of alkyl halides is 3. The van der Waals surface area contributed by atoms with Gasteiger partial charge in [-0.3, -0.25) is 9.59 Å². The Kier molecular flexibility index (Phi) is 7.80. The van der Waals surface area contributed by atoms with E-state index in [4.69, 9.17) is 5.73 Å². The molecule has 0 spiro atoms. The second-order valence-corrected chi connectivity index (χ2v) is 9.60. The summed E-state index contributed by atoms with van der Waals surface area (Å²) in [5.41, 5.74) is 0.467. The number of primary amides is 1. The molecular formula is C29H32F3N3O3. The molecule has 1 heterocycles. The zero-order valence-electron chi connectivity index (χ0n) is 21.5. The number of hydrogen-bond donors (Lipinski definition) is 2. The van der Waals surface area contributed by atoms with Crippen LogP contribution in [0, 0.1) is 0 Å². The van der Waals surface area contributed by atoms with E-state index in [1.807, 2.05) is 12.1 Å². The van der Waals surface area contributed by atoms with Crippen LogP contribution in [0.5, 0.6) is 0 Å². The van der Waals surface area contributed by atoms with Gasteiger partial charge in [0.1, 0.15) is 0 Å². The molecule has 0 aliphatic carbocycles. The molecule has 2 amide bonds. The van der Waals surface area contributed by atoms with Crippen LogP contribution in [0.4, 0.5) is 18.9 Å². The van der Waals surface area contributed by atoms with Gasteiger partial charge >= 0.3 is 6.18 Å². The zero-order chi connectivity index (χ0) is 27.7. The van der Waals surface area contributed by atoms with Crippen LogP contribution < -0.4 is 10.6 Å². The van der Waals surface area contributed by atoms with E-state index in [2.05, 4.69) is 18.7 Å². The first-order valence-corrected chi connectivity index (χ1v) is 12.8. The van der Waals surface area contributed by atoms with Crippen molar-refractivity contribution in [2.75, 3.05) is 31.1 Å². The van der Waals surface area contributed by atoms with Gasteiger partial charge in [0.2, 0.25) is 5.91 Å². The van der Waals surface area contributed by atoms with Gasteiger partial charge in [0.05, 0.1) is 11.3 Å². The van der Waals surface area contributed by atoms with E-state index >= 15 is 0 Å². The van der Waals surface area contributed by atoms with Crippen LogP contribution >= 0.6 is 0 Å². The minimum atomic E-state index is -4.94. The average Bonchev–Trinajstić information content (AvgIpc) is 3.11. The van der Waals surface area contributed by atoms with Crippen LogP contribution in [-0.2, 0) is 16.6 Å². The molecule has 0 fully saturated rings. The molecule has 1 unspecified atom stereocenters. The summed E-state index contributed by atoms with van der Waals surface area (Å²) in [6.45, 7) is 6.96. The predicted octanol–water partition coefficient (Wildman–Crippen LogP) is 5.05. The predicted molar refractivity (Wildman–Crippen MR) is 141 cm³/mol. The minimum absolute atomic E-state index is 0.0313. The van der Waals surface area contributed by atoms with Crippen LogP contribution in [0.25, 0.3) is 10.8 Å². The van der Waals surface area contributed by atoms with E-state index in [9.17, 15) is 27.9 Å². The standard InChI is InChI=1S/C29H32F3N3O3/c1-3-34(4-2)14-8-5-9-15-35-24-18-21(26(33)36)17-23(29(30,31)32)25(24)28(38,27(35)37)22-13-12-19-10-6-7-11-20(19)16-22/h6-7,10-13,16-18,38H,3-5,8-9,14-15H2,1-2H3,(H2,33,36). The van der Waals surface area contributed by atoms with Gasteiger partial charge in [-0.05, 0) is 67.0 Å². The number of aliphatic hydroxyl groups is 1. The van der Waals surface area contributed by atoms with Crippen LogP contribution in [-0.4, -0.2) is 48.0 Å². The molecule has 1 aliphatic heterocycles. The number of amides is 2. The van der Waals surface area contributed by atoms with Gasteiger partial charge in [-0.1, -0.05) is 56.7 Å². The van der Waals surface area contributed by atoms with Crippen molar-refractivity contribution in [2.45, 2.75) is 44.9 Å². The molecule has 38 heavy (non-hydrogen) atoms. The topological polar surface area (TPSA) is 86.9 Å². The molecule has 3 aromatic rings. The van der Waals surface area contributed by atoms with Gasteiger partial charge in [-0.25, -0.2) is 0 Å². The largest absolute Gasteiger partial charge is 0.416 e. The lowest BCUT2D eigenvalue weighted by Crippen LogP contribution is -2.42. The smallest absolute Gasteiger partial charge is 0.372 e. The van der Waals surface area contributed by atoms with Crippen molar-refractivity contribution < 1.29 is 27.9 Å². The molecule has 1 atom stereocenters. The van der Waals surface area contributed by atoms with Crippen LogP contribution in [0.2, 0.25) is 0 Å². The number of nitrogens with zero attached hydrogens (tertiary/aromatic N) is 2. The Bertz CT molecular complexity index is 1350. The highest BCUT2D eigenvalue weighted by atomic mass is 19.4. The Hall–Kier alpha value is -3.43. The molecule has 3 N–H and O–H groups in total. The zero-order valence-corrected chi connectivity index (χ0v) is 21.5. The third-order valence-electron chi connectivity index (χ3n) is 7.33. The number of anilines is 1. The average molecular weight is 528 g/mol. The van der Waals surface area contributed by atoms with Crippen molar-refractivity contribution in [3.05, 3.63) is 76.9 Å². The van der Waals surface area contributed by atoms with E-state index < -0.39 is 34.7 Å². The summed E-state index contributed by atoms with van der Waals surface area (Å²) in [7, 11) is 0. The van der Waals surface area contributed by atoms with Gasteiger partial charge in [0.15, 0.2) is 5.60 Å². The Labute approximate surface area is 219 Å². The molecule has 1 aliphatic rings. The van der Waals surface area contributed by atoms with E-state index in [1.165, 1.54) is 23.1 Å². The van der Waals surface area contributed by atoms with E-state index in [0.29, 0.717) is 17.9 Å². The van der Waals surface area contributed by atoms with Gasteiger partial charge < -0.3 is 20.6 Å². The fourth-order valence-electron chi connectivity index (χ4n) is 5.22.